The Bertz CT molecular complexity index is 801. The van der Waals surface area contributed by atoms with Crippen LogP contribution < -0.4 is 5.32 Å². The van der Waals surface area contributed by atoms with E-state index in [0.717, 1.165) is 64.4 Å². The lowest BCUT2D eigenvalue weighted by atomic mass is 10.0. The number of ether oxygens (including phenoxy) is 1. The molecule has 29 heavy (non-hydrogen) atoms. The first-order valence-corrected chi connectivity index (χ1v) is 9.75. The maximum Gasteiger partial charge on any atom is 0.433 e. The second-order valence-electron chi connectivity index (χ2n) is 7.40. The third kappa shape index (κ3) is 5.21. The molecule has 2 saturated heterocycles. The highest BCUT2D eigenvalue weighted by Crippen LogP contribution is 2.29. The summed E-state index contributed by atoms with van der Waals surface area (Å²) in [6, 6.07) is 1.01. The molecule has 0 saturated carbocycles. The molecule has 2 aliphatic rings. The molecule has 8 nitrogen and oxygen atoms in total. The van der Waals surface area contributed by atoms with Gasteiger partial charge in [-0.1, -0.05) is 0 Å². The number of nitrogens with zero attached hydrogens (tertiary/aromatic N) is 5. The molecule has 1 N–H and O–H groups in total. The van der Waals surface area contributed by atoms with Crippen molar-refractivity contribution in [3.63, 3.8) is 0 Å². The standard InChI is InChI=1S/C18H23F3N6O2/c19-18(20,21)14-9-15(23-11-22-14)24-13-1-5-27(6-2-13)10-16-25-26-17(29-16)12-3-7-28-8-4-12/h9,11-13H,1-8,10H2,(H,22,23,24). The molecule has 2 aromatic rings. The van der Waals surface area contributed by atoms with Crippen LogP contribution in [0.4, 0.5) is 19.0 Å². The van der Waals surface area contributed by atoms with Gasteiger partial charge < -0.3 is 14.5 Å². The van der Waals surface area contributed by atoms with Crippen LogP contribution in [0.15, 0.2) is 16.8 Å². The first-order valence-electron chi connectivity index (χ1n) is 9.75. The van der Waals surface area contributed by atoms with E-state index in [2.05, 4.69) is 30.4 Å². The van der Waals surface area contributed by atoms with Gasteiger partial charge in [0.25, 0.3) is 0 Å². The van der Waals surface area contributed by atoms with Gasteiger partial charge in [0.05, 0.1) is 6.54 Å². The molecule has 2 fully saturated rings. The van der Waals surface area contributed by atoms with Gasteiger partial charge in [0, 0.05) is 44.3 Å². The number of alkyl halides is 3. The first kappa shape index (κ1) is 20.0. The van der Waals surface area contributed by atoms with Gasteiger partial charge in [-0.2, -0.15) is 13.2 Å². The molecule has 0 amide bonds. The lowest BCUT2D eigenvalue weighted by Crippen LogP contribution is -2.38. The van der Waals surface area contributed by atoms with Crippen LogP contribution >= 0.6 is 0 Å². The largest absolute Gasteiger partial charge is 0.433 e. The van der Waals surface area contributed by atoms with Crippen molar-refractivity contribution in [1.29, 1.82) is 0 Å². The Hall–Kier alpha value is -2.27. The second-order valence-corrected chi connectivity index (χ2v) is 7.40. The second kappa shape index (κ2) is 8.62. The van der Waals surface area contributed by atoms with E-state index in [1.807, 2.05) is 0 Å². The number of hydrogen-bond acceptors (Lipinski definition) is 8. The van der Waals surface area contributed by atoms with Crippen molar-refractivity contribution in [2.75, 3.05) is 31.6 Å². The zero-order chi connectivity index (χ0) is 20.3. The Morgan fingerprint density at radius 1 is 1.07 bits per heavy atom. The van der Waals surface area contributed by atoms with E-state index in [4.69, 9.17) is 9.15 Å². The molecule has 0 aromatic carbocycles. The van der Waals surface area contributed by atoms with E-state index in [-0.39, 0.29) is 17.8 Å². The number of aromatic nitrogens is 4. The van der Waals surface area contributed by atoms with E-state index in [9.17, 15) is 13.2 Å². The molecule has 158 valence electrons. The number of hydrogen-bond donors (Lipinski definition) is 1. The van der Waals surface area contributed by atoms with Gasteiger partial charge in [-0.05, 0) is 25.7 Å². The predicted molar refractivity (Wildman–Crippen MR) is 96.0 cm³/mol. The van der Waals surface area contributed by atoms with Crippen LogP contribution in [0.5, 0.6) is 0 Å². The van der Waals surface area contributed by atoms with E-state index in [1.54, 1.807) is 0 Å². The highest BCUT2D eigenvalue weighted by atomic mass is 19.4. The van der Waals surface area contributed by atoms with E-state index < -0.39 is 11.9 Å². The lowest BCUT2D eigenvalue weighted by Gasteiger charge is -2.31. The zero-order valence-electron chi connectivity index (χ0n) is 15.9. The highest BCUT2D eigenvalue weighted by molar-refractivity contribution is 5.36. The molecule has 0 radical (unpaired) electrons. The maximum atomic E-state index is 12.8. The van der Waals surface area contributed by atoms with E-state index in [1.165, 1.54) is 0 Å². The Balaban J connectivity index is 1.26. The molecular formula is C18H23F3N6O2. The van der Waals surface area contributed by atoms with Gasteiger partial charge in [0.2, 0.25) is 11.8 Å². The minimum absolute atomic E-state index is 0.0581. The fraction of sp³-hybridized carbons (Fsp3) is 0.667. The fourth-order valence-electron chi connectivity index (χ4n) is 3.67. The molecule has 0 spiro atoms. The zero-order valence-corrected chi connectivity index (χ0v) is 15.9. The van der Waals surface area contributed by atoms with Crippen molar-refractivity contribution in [3.8, 4) is 0 Å². The number of nitrogens with one attached hydrogen (secondary N) is 1. The molecular weight excluding hydrogens is 389 g/mol. The van der Waals surface area contributed by atoms with Crippen molar-refractivity contribution in [1.82, 2.24) is 25.1 Å². The van der Waals surface area contributed by atoms with Crippen molar-refractivity contribution >= 4 is 5.82 Å². The normalized spacial score (nSPS) is 20.1. The number of likely N-dealkylation sites (tertiary alicyclic amines) is 1. The number of anilines is 1. The Morgan fingerprint density at radius 2 is 1.83 bits per heavy atom. The summed E-state index contributed by atoms with van der Waals surface area (Å²) in [6.07, 6.45) is -0.170. The minimum Gasteiger partial charge on any atom is -0.424 e. The molecule has 11 heteroatoms. The molecule has 4 rings (SSSR count). The predicted octanol–water partition coefficient (Wildman–Crippen LogP) is 2.85. The summed E-state index contributed by atoms with van der Waals surface area (Å²) in [5.74, 6) is 1.76. The van der Waals surface area contributed by atoms with Gasteiger partial charge in [-0.15, -0.1) is 10.2 Å². The minimum atomic E-state index is -4.48. The highest BCUT2D eigenvalue weighted by Gasteiger charge is 2.33. The van der Waals surface area contributed by atoms with Crippen LogP contribution in [-0.2, 0) is 17.5 Å². The van der Waals surface area contributed by atoms with Gasteiger partial charge in [-0.25, -0.2) is 9.97 Å². The third-order valence-corrected chi connectivity index (χ3v) is 5.31. The van der Waals surface area contributed by atoms with Gasteiger partial charge >= 0.3 is 6.18 Å². The average molecular weight is 412 g/mol. The van der Waals surface area contributed by atoms with Crippen LogP contribution in [0.1, 0.15) is 49.1 Å². The van der Waals surface area contributed by atoms with Crippen molar-refractivity contribution in [3.05, 3.63) is 29.9 Å². The maximum absolute atomic E-state index is 12.8. The Labute approximate surface area is 165 Å². The van der Waals surface area contributed by atoms with Gasteiger partial charge in [-0.3, -0.25) is 4.90 Å². The molecule has 4 heterocycles. The van der Waals surface area contributed by atoms with Crippen molar-refractivity contribution < 1.29 is 22.3 Å². The van der Waals surface area contributed by atoms with Crippen LogP contribution in [0.2, 0.25) is 0 Å². The van der Waals surface area contributed by atoms with Crippen molar-refractivity contribution in [2.45, 2.75) is 50.4 Å². The number of halogens is 3. The van der Waals surface area contributed by atoms with Crippen LogP contribution in [0.25, 0.3) is 0 Å². The first-order chi connectivity index (χ1) is 14.0. The molecule has 0 unspecified atom stereocenters. The fourth-order valence-corrected chi connectivity index (χ4v) is 3.67. The molecule has 2 aromatic heterocycles. The monoisotopic (exact) mass is 412 g/mol. The van der Waals surface area contributed by atoms with Crippen LogP contribution in [0.3, 0.4) is 0 Å². The lowest BCUT2D eigenvalue weighted by molar-refractivity contribution is -0.141. The molecule has 0 aliphatic carbocycles. The summed E-state index contributed by atoms with van der Waals surface area (Å²) in [6.45, 7) is 3.59. The number of rotatable bonds is 5. The summed E-state index contributed by atoms with van der Waals surface area (Å²) in [5, 5.41) is 11.4. The third-order valence-electron chi connectivity index (χ3n) is 5.31. The summed E-state index contributed by atoms with van der Waals surface area (Å²) >= 11 is 0. The van der Waals surface area contributed by atoms with Crippen LogP contribution in [-0.4, -0.2) is 57.4 Å². The summed E-state index contributed by atoms with van der Waals surface area (Å²) < 4.78 is 49.5. The summed E-state index contributed by atoms with van der Waals surface area (Å²) in [5.41, 5.74) is -0.941. The Kier molecular flexibility index (Phi) is 5.95. The molecule has 0 bridgehead atoms. The van der Waals surface area contributed by atoms with Crippen molar-refractivity contribution in [2.24, 2.45) is 0 Å². The summed E-state index contributed by atoms with van der Waals surface area (Å²) in [4.78, 5) is 9.40. The van der Waals surface area contributed by atoms with Gasteiger partial charge in [0.1, 0.15) is 17.8 Å². The molecule has 2 aliphatic heterocycles. The smallest absolute Gasteiger partial charge is 0.424 e. The van der Waals surface area contributed by atoms with E-state index in [0.29, 0.717) is 18.3 Å². The van der Waals surface area contributed by atoms with Crippen LogP contribution in [0, 0.1) is 0 Å². The SMILES string of the molecule is FC(F)(F)c1cc(NC2CCN(Cc3nnc(C4CCOCC4)o3)CC2)ncn1. The topological polar surface area (TPSA) is 89.2 Å². The number of piperidine rings is 1. The average Bonchev–Trinajstić information content (AvgIpc) is 3.18. The summed E-state index contributed by atoms with van der Waals surface area (Å²) in [7, 11) is 0. The van der Waals surface area contributed by atoms with E-state index >= 15 is 0 Å². The Morgan fingerprint density at radius 3 is 2.55 bits per heavy atom. The quantitative estimate of drug-likeness (QED) is 0.802. The van der Waals surface area contributed by atoms with Gasteiger partial charge in [0.15, 0.2) is 0 Å². The molecule has 0 atom stereocenters.